The molecule has 1 saturated heterocycles. The molecule has 2 amide bonds. The molecule has 0 aliphatic carbocycles. The van der Waals surface area contributed by atoms with Crippen LogP contribution < -0.4 is 14.8 Å². The highest BCUT2D eigenvalue weighted by molar-refractivity contribution is 7.09. The first-order valence-electron chi connectivity index (χ1n) is 8.63. The van der Waals surface area contributed by atoms with Crippen molar-refractivity contribution in [1.82, 2.24) is 15.2 Å². The van der Waals surface area contributed by atoms with E-state index in [1.54, 1.807) is 17.5 Å². The molecule has 4 rings (SSSR count). The Morgan fingerprint density at radius 1 is 1.32 bits per heavy atom. The van der Waals surface area contributed by atoms with E-state index in [-0.39, 0.29) is 18.2 Å². The van der Waals surface area contributed by atoms with Crippen LogP contribution in [-0.2, 0) is 0 Å². The van der Waals surface area contributed by atoms with Crippen LogP contribution in [0.3, 0.4) is 0 Å². The molecule has 1 aromatic heterocycles. The Morgan fingerprint density at radius 3 is 3.04 bits per heavy atom. The molecule has 132 valence electrons. The summed E-state index contributed by atoms with van der Waals surface area (Å²) in [4.78, 5) is 19.0. The van der Waals surface area contributed by atoms with Crippen LogP contribution in [0.2, 0.25) is 0 Å². The number of urea groups is 1. The van der Waals surface area contributed by atoms with Crippen molar-refractivity contribution < 1.29 is 14.3 Å². The van der Waals surface area contributed by atoms with Crippen LogP contribution in [0.25, 0.3) is 0 Å². The number of amides is 2. The number of nitrogens with one attached hydrogen (secondary N) is 1. The molecule has 0 spiro atoms. The van der Waals surface area contributed by atoms with Gasteiger partial charge in [-0.05, 0) is 31.4 Å². The summed E-state index contributed by atoms with van der Waals surface area (Å²) in [5.41, 5.74) is 0. The van der Waals surface area contributed by atoms with Gasteiger partial charge in [0, 0.05) is 18.1 Å². The maximum Gasteiger partial charge on any atom is 0.318 e. The number of benzene rings is 1. The van der Waals surface area contributed by atoms with Crippen molar-refractivity contribution in [2.75, 3.05) is 19.7 Å². The zero-order valence-corrected chi connectivity index (χ0v) is 14.7. The number of carbonyl (C=O) groups excluding carboxylic acids is 1. The number of thiazole rings is 1. The fourth-order valence-electron chi connectivity index (χ4n) is 3.30. The number of aromatic nitrogens is 1. The second kappa shape index (κ2) is 7.31. The third-order valence-electron chi connectivity index (χ3n) is 4.55. The summed E-state index contributed by atoms with van der Waals surface area (Å²) in [5, 5.41) is 5.98. The van der Waals surface area contributed by atoms with Gasteiger partial charge in [0.15, 0.2) is 17.6 Å². The first kappa shape index (κ1) is 16.2. The Kier molecular flexibility index (Phi) is 4.74. The van der Waals surface area contributed by atoms with E-state index in [9.17, 15) is 4.79 Å². The van der Waals surface area contributed by atoms with Gasteiger partial charge in [0.25, 0.3) is 0 Å². The number of carbonyl (C=O) groups is 1. The number of nitrogens with zero attached hydrogens (tertiary/aromatic N) is 2. The molecule has 2 aliphatic rings. The van der Waals surface area contributed by atoms with Crippen molar-refractivity contribution in [2.45, 2.75) is 31.4 Å². The van der Waals surface area contributed by atoms with Crippen molar-refractivity contribution in [2.24, 2.45) is 0 Å². The predicted molar refractivity (Wildman–Crippen MR) is 95.2 cm³/mol. The zero-order chi connectivity index (χ0) is 17.1. The standard InChI is InChI=1S/C18H21N3O3S/c22-18(21-9-4-3-5-14(21)17-19-8-10-25-17)20-11-13-12-23-15-6-1-2-7-16(15)24-13/h1-2,6-8,10,13-14H,3-5,9,11-12H2,(H,20,22). The largest absolute Gasteiger partial charge is 0.486 e. The molecule has 2 unspecified atom stereocenters. The van der Waals surface area contributed by atoms with E-state index in [0.717, 1.165) is 42.3 Å². The van der Waals surface area contributed by atoms with E-state index in [0.29, 0.717) is 13.2 Å². The van der Waals surface area contributed by atoms with Gasteiger partial charge in [0.05, 0.1) is 12.6 Å². The van der Waals surface area contributed by atoms with Crippen molar-refractivity contribution in [3.8, 4) is 11.5 Å². The molecule has 0 radical (unpaired) electrons. The Labute approximate surface area is 150 Å². The summed E-state index contributed by atoms with van der Waals surface area (Å²) in [6.45, 7) is 1.63. The average Bonchev–Trinajstić information content (AvgIpc) is 3.20. The summed E-state index contributed by atoms with van der Waals surface area (Å²) >= 11 is 1.61. The smallest absolute Gasteiger partial charge is 0.318 e. The molecule has 1 aromatic carbocycles. The monoisotopic (exact) mass is 359 g/mol. The van der Waals surface area contributed by atoms with Crippen LogP contribution in [0, 0.1) is 0 Å². The van der Waals surface area contributed by atoms with Gasteiger partial charge in [-0.3, -0.25) is 0 Å². The minimum absolute atomic E-state index is 0.0534. The number of rotatable bonds is 3. The summed E-state index contributed by atoms with van der Waals surface area (Å²) in [6.07, 6.45) is 4.75. The first-order valence-corrected chi connectivity index (χ1v) is 9.51. The normalized spacial score (nSPS) is 22.5. The summed E-state index contributed by atoms with van der Waals surface area (Å²) < 4.78 is 11.6. The molecule has 1 fully saturated rings. The maximum absolute atomic E-state index is 12.7. The Hall–Kier alpha value is -2.28. The fraction of sp³-hybridized carbons (Fsp3) is 0.444. The Bertz CT molecular complexity index is 722. The molecular weight excluding hydrogens is 338 g/mol. The summed E-state index contributed by atoms with van der Waals surface area (Å²) in [5.74, 6) is 1.48. The molecule has 0 bridgehead atoms. The van der Waals surface area contributed by atoms with Gasteiger partial charge >= 0.3 is 6.03 Å². The second-order valence-electron chi connectivity index (χ2n) is 6.26. The topological polar surface area (TPSA) is 63.7 Å². The third kappa shape index (κ3) is 3.56. The molecule has 6 nitrogen and oxygen atoms in total. The lowest BCUT2D eigenvalue weighted by Gasteiger charge is -2.35. The number of likely N-dealkylation sites (tertiary alicyclic amines) is 1. The third-order valence-corrected chi connectivity index (χ3v) is 5.43. The van der Waals surface area contributed by atoms with Crippen LogP contribution in [0.1, 0.15) is 30.3 Å². The van der Waals surface area contributed by atoms with Gasteiger partial charge in [-0.2, -0.15) is 0 Å². The van der Waals surface area contributed by atoms with Gasteiger partial charge in [-0.15, -0.1) is 11.3 Å². The molecule has 0 saturated carbocycles. The summed E-state index contributed by atoms with van der Waals surface area (Å²) in [6, 6.07) is 7.62. The number of para-hydroxylation sites is 2. The van der Waals surface area contributed by atoms with Crippen LogP contribution in [0.5, 0.6) is 11.5 Å². The van der Waals surface area contributed by atoms with E-state index >= 15 is 0 Å². The number of ether oxygens (including phenoxy) is 2. The number of hydrogen-bond donors (Lipinski definition) is 1. The van der Waals surface area contributed by atoms with Crippen LogP contribution in [0.4, 0.5) is 4.79 Å². The van der Waals surface area contributed by atoms with E-state index in [2.05, 4.69) is 10.3 Å². The van der Waals surface area contributed by atoms with E-state index in [1.807, 2.05) is 34.5 Å². The van der Waals surface area contributed by atoms with Crippen molar-refractivity contribution in [3.05, 3.63) is 40.8 Å². The van der Waals surface area contributed by atoms with E-state index in [4.69, 9.17) is 9.47 Å². The second-order valence-corrected chi connectivity index (χ2v) is 7.19. The highest BCUT2D eigenvalue weighted by Gasteiger charge is 2.30. The SMILES string of the molecule is O=C(NCC1COc2ccccc2O1)N1CCCCC1c1nccs1. The van der Waals surface area contributed by atoms with Crippen molar-refractivity contribution in [3.63, 3.8) is 0 Å². The quantitative estimate of drug-likeness (QED) is 0.914. The van der Waals surface area contributed by atoms with Gasteiger partial charge < -0.3 is 19.7 Å². The van der Waals surface area contributed by atoms with Gasteiger partial charge in [0.1, 0.15) is 11.6 Å². The Balaban J connectivity index is 1.35. The van der Waals surface area contributed by atoms with Crippen molar-refractivity contribution in [1.29, 1.82) is 0 Å². The molecule has 7 heteroatoms. The van der Waals surface area contributed by atoms with Crippen LogP contribution in [0.15, 0.2) is 35.8 Å². The van der Waals surface area contributed by atoms with E-state index in [1.165, 1.54) is 0 Å². The van der Waals surface area contributed by atoms with Crippen LogP contribution in [-0.4, -0.2) is 41.7 Å². The highest BCUT2D eigenvalue weighted by atomic mass is 32.1. The molecular formula is C18H21N3O3S. The lowest BCUT2D eigenvalue weighted by Crippen LogP contribution is -2.48. The molecule has 2 aliphatic heterocycles. The molecule has 2 atom stereocenters. The number of piperidine rings is 1. The van der Waals surface area contributed by atoms with Gasteiger partial charge in [0.2, 0.25) is 0 Å². The Morgan fingerprint density at radius 2 is 2.20 bits per heavy atom. The molecule has 3 heterocycles. The minimum atomic E-state index is -0.179. The number of hydrogen-bond acceptors (Lipinski definition) is 5. The first-order chi connectivity index (χ1) is 12.3. The van der Waals surface area contributed by atoms with Crippen molar-refractivity contribution >= 4 is 17.4 Å². The highest BCUT2D eigenvalue weighted by Crippen LogP contribution is 2.32. The predicted octanol–water partition coefficient (Wildman–Crippen LogP) is 3.22. The lowest BCUT2D eigenvalue weighted by atomic mass is 10.0. The number of fused-ring (bicyclic) bond motifs is 1. The zero-order valence-electron chi connectivity index (χ0n) is 13.9. The molecule has 1 N–H and O–H groups in total. The molecule has 2 aromatic rings. The van der Waals surface area contributed by atoms with E-state index < -0.39 is 0 Å². The lowest BCUT2D eigenvalue weighted by molar-refractivity contribution is 0.0877. The summed E-state index contributed by atoms with van der Waals surface area (Å²) in [7, 11) is 0. The van der Waals surface area contributed by atoms with Crippen LogP contribution >= 0.6 is 11.3 Å². The van der Waals surface area contributed by atoms with Gasteiger partial charge in [-0.1, -0.05) is 12.1 Å². The molecule has 25 heavy (non-hydrogen) atoms. The average molecular weight is 359 g/mol. The van der Waals surface area contributed by atoms with Gasteiger partial charge in [-0.25, -0.2) is 9.78 Å². The minimum Gasteiger partial charge on any atom is -0.486 e. The fourth-order valence-corrected chi connectivity index (χ4v) is 4.08. The maximum atomic E-state index is 12.7.